The number of carbonyl (C=O) groups is 2. The number of aryl methyl sites for hydroxylation is 1. The van der Waals surface area contributed by atoms with Gasteiger partial charge < -0.3 is 19.8 Å². The van der Waals surface area contributed by atoms with E-state index in [1.54, 1.807) is 44.4 Å². The number of nitrogens with one attached hydrogen (secondary N) is 1. The maximum atomic E-state index is 12.5. The van der Waals surface area contributed by atoms with Crippen LogP contribution in [0.15, 0.2) is 48.7 Å². The summed E-state index contributed by atoms with van der Waals surface area (Å²) in [5.41, 5.74) is 2.70. The van der Waals surface area contributed by atoms with Crippen molar-refractivity contribution >= 4 is 40.4 Å². The van der Waals surface area contributed by atoms with E-state index in [0.29, 0.717) is 29.2 Å². The molecule has 0 spiro atoms. The van der Waals surface area contributed by atoms with Gasteiger partial charge in [0.25, 0.3) is 5.69 Å². The van der Waals surface area contributed by atoms with E-state index in [4.69, 9.17) is 16.7 Å². The zero-order chi connectivity index (χ0) is 26.5. The number of H-pyrrole nitrogens is 1. The van der Waals surface area contributed by atoms with Crippen LogP contribution in [0.5, 0.6) is 0 Å². The number of aliphatic hydroxyl groups excluding tert-OH is 1. The van der Waals surface area contributed by atoms with Crippen LogP contribution >= 0.6 is 11.6 Å². The van der Waals surface area contributed by atoms with Gasteiger partial charge in [0.1, 0.15) is 6.29 Å². The van der Waals surface area contributed by atoms with Crippen molar-refractivity contribution in [2.75, 3.05) is 34.8 Å². The predicted octanol–water partition coefficient (Wildman–Crippen LogP) is 3.72. The average Bonchev–Trinajstić information content (AvgIpc) is 3.27. The van der Waals surface area contributed by atoms with Gasteiger partial charge in [-0.05, 0) is 56.3 Å². The van der Waals surface area contributed by atoms with Gasteiger partial charge in [-0.15, -0.1) is 0 Å². The third-order valence-corrected chi connectivity index (χ3v) is 5.58. The highest BCUT2D eigenvalue weighted by Gasteiger charge is 2.27. The molecule has 2 aromatic carbocycles. The number of nitrogens with zero attached hydrogens (tertiary/aromatic N) is 3. The summed E-state index contributed by atoms with van der Waals surface area (Å²) < 4.78 is 0. The first-order valence-electron chi connectivity index (χ1n) is 11.0. The number of likely N-dealkylation sites (N-methyl/N-ethyl adjacent to an activating group) is 2. The van der Waals surface area contributed by atoms with Crippen molar-refractivity contribution in [1.82, 2.24) is 14.8 Å². The maximum absolute atomic E-state index is 12.5. The normalized spacial score (nSPS) is 11.1. The first-order valence-corrected chi connectivity index (χ1v) is 11.3. The Kier molecular flexibility index (Phi) is 12.6. The smallest absolute Gasteiger partial charge is 0.279 e. The van der Waals surface area contributed by atoms with Crippen LogP contribution in [-0.2, 0) is 22.4 Å². The van der Waals surface area contributed by atoms with Crippen LogP contribution in [0.4, 0.5) is 5.69 Å². The lowest BCUT2D eigenvalue weighted by Crippen LogP contribution is -2.46. The molecule has 1 heterocycles. The summed E-state index contributed by atoms with van der Waals surface area (Å²) in [5.74, 6) is -0.208. The number of nitro benzene ring substituents is 1. The molecule has 3 aromatic rings. The quantitative estimate of drug-likeness (QED) is 0.274. The van der Waals surface area contributed by atoms with Crippen LogP contribution in [0.3, 0.4) is 0 Å². The first kappa shape index (κ1) is 29.8. The number of hydrogen-bond acceptors (Lipinski definition) is 6. The number of rotatable bonds is 8. The number of halogens is 1. The molecular weight excluding hydrogens is 472 g/mol. The number of aromatic amines is 1. The Bertz CT molecular complexity index is 1100. The Morgan fingerprint density at radius 1 is 1.17 bits per heavy atom. The van der Waals surface area contributed by atoms with Crippen molar-refractivity contribution in [1.29, 1.82) is 0 Å². The third-order valence-electron chi connectivity index (χ3n) is 5.33. The molecule has 35 heavy (non-hydrogen) atoms. The molecule has 3 rings (SSSR count). The number of hydrogen-bond donors (Lipinski definition) is 2. The van der Waals surface area contributed by atoms with E-state index in [0.717, 1.165) is 18.6 Å². The van der Waals surface area contributed by atoms with Gasteiger partial charge >= 0.3 is 0 Å². The molecule has 0 saturated carbocycles. The van der Waals surface area contributed by atoms with Crippen LogP contribution in [0.2, 0.25) is 5.02 Å². The summed E-state index contributed by atoms with van der Waals surface area (Å²) in [7, 11) is 6.09. The molecule has 190 valence electrons. The van der Waals surface area contributed by atoms with Gasteiger partial charge in [-0.25, -0.2) is 0 Å². The Morgan fingerprint density at radius 3 is 2.31 bits per heavy atom. The fraction of sp³-hybridized carbons (Fsp3) is 0.360. The number of aromatic nitrogens is 1. The zero-order valence-electron chi connectivity index (χ0n) is 20.7. The summed E-state index contributed by atoms with van der Waals surface area (Å²) in [6.07, 6.45) is 3.75. The van der Waals surface area contributed by atoms with E-state index in [9.17, 15) is 19.7 Å². The summed E-state index contributed by atoms with van der Waals surface area (Å²) in [5, 5.41) is 19.6. The first-order chi connectivity index (χ1) is 16.7. The topological polar surface area (TPSA) is 120 Å². The van der Waals surface area contributed by atoms with E-state index in [1.807, 2.05) is 24.3 Å². The molecular formula is C25H33ClN4O5. The molecule has 0 aliphatic carbocycles. The van der Waals surface area contributed by atoms with Gasteiger partial charge in [-0.3, -0.25) is 19.8 Å². The molecule has 1 atom stereocenters. The number of non-ortho nitro benzene ring substituents is 1. The Labute approximate surface area is 210 Å². The molecule has 10 heteroatoms. The molecule has 0 saturated heterocycles. The van der Waals surface area contributed by atoms with Crippen molar-refractivity contribution < 1.29 is 19.6 Å². The minimum atomic E-state index is -0.520. The van der Waals surface area contributed by atoms with Gasteiger partial charge in [0.05, 0.1) is 28.4 Å². The van der Waals surface area contributed by atoms with Crippen LogP contribution in [0.1, 0.15) is 18.1 Å². The van der Waals surface area contributed by atoms with Crippen LogP contribution in [0.25, 0.3) is 10.9 Å². The summed E-state index contributed by atoms with van der Waals surface area (Å²) >= 11 is 5.67. The van der Waals surface area contributed by atoms with E-state index in [2.05, 4.69) is 11.9 Å². The molecule has 0 aliphatic rings. The van der Waals surface area contributed by atoms with Crippen molar-refractivity contribution in [3.8, 4) is 0 Å². The second-order valence-electron chi connectivity index (χ2n) is 7.82. The summed E-state index contributed by atoms with van der Waals surface area (Å²) in [4.78, 5) is 40.1. The number of carbonyl (C=O) groups excluding carboxylic acids is 2. The SMILES string of the molecule is CCc1ccc(Cl)cc1.CN(CC=O)C(=O)C(Cc1c[nH]c2cccc([N+](=O)[O-])c12)N(C)C.CO. The van der Waals surface area contributed by atoms with Gasteiger partial charge in [0, 0.05) is 31.4 Å². The second kappa shape index (κ2) is 14.9. The number of nitro groups is 1. The minimum absolute atomic E-state index is 0.00921. The molecule has 1 aromatic heterocycles. The van der Waals surface area contributed by atoms with E-state index in [-0.39, 0.29) is 18.1 Å². The lowest BCUT2D eigenvalue weighted by molar-refractivity contribution is -0.383. The monoisotopic (exact) mass is 504 g/mol. The molecule has 0 aliphatic heterocycles. The zero-order valence-corrected chi connectivity index (χ0v) is 21.5. The minimum Gasteiger partial charge on any atom is -0.400 e. The molecule has 0 radical (unpaired) electrons. The van der Waals surface area contributed by atoms with E-state index in [1.165, 1.54) is 16.5 Å². The summed E-state index contributed by atoms with van der Waals surface area (Å²) in [6, 6.07) is 12.2. The molecule has 0 fully saturated rings. The Balaban J connectivity index is 0.000000464. The van der Waals surface area contributed by atoms with Gasteiger partial charge in [-0.1, -0.05) is 36.7 Å². The fourth-order valence-corrected chi connectivity index (χ4v) is 3.55. The van der Waals surface area contributed by atoms with Crippen molar-refractivity contribution in [2.45, 2.75) is 25.8 Å². The standard InChI is InChI=1S/C16H20N4O4.C8H9Cl.CH4O/c1-18(2)14(16(22)19(3)7-8-21)9-11-10-17-12-5-4-6-13(15(11)12)20(23)24;1-2-7-3-5-8(9)6-4-7;1-2/h4-6,8,10,14,17H,7,9H2,1-3H3;3-6H,2H2,1H3;2H,1H3. The third kappa shape index (κ3) is 8.47. The number of aldehydes is 1. The highest BCUT2D eigenvalue weighted by atomic mass is 35.5. The highest BCUT2D eigenvalue weighted by molar-refractivity contribution is 6.30. The van der Waals surface area contributed by atoms with E-state index >= 15 is 0 Å². The van der Waals surface area contributed by atoms with Gasteiger partial charge in [0.15, 0.2) is 0 Å². The van der Waals surface area contributed by atoms with Crippen LogP contribution in [0, 0.1) is 10.1 Å². The number of amides is 1. The molecule has 0 bridgehead atoms. The Hall–Kier alpha value is -3.27. The highest BCUT2D eigenvalue weighted by Crippen LogP contribution is 2.29. The van der Waals surface area contributed by atoms with Crippen molar-refractivity contribution in [3.63, 3.8) is 0 Å². The molecule has 1 amide bonds. The lowest BCUT2D eigenvalue weighted by Gasteiger charge is -2.27. The van der Waals surface area contributed by atoms with Gasteiger partial charge in [-0.2, -0.15) is 0 Å². The van der Waals surface area contributed by atoms with Crippen molar-refractivity contribution in [2.24, 2.45) is 0 Å². The summed E-state index contributed by atoms with van der Waals surface area (Å²) in [6.45, 7) is 2.14. The second-order valence-corrected chi connectivity index (χ2v) is 8.26. The lowest BCUT2D eigenvalue weighted by atomic mass is 10.0. The molecule has 1 unspecified atom stereocenters. The Morgan fingerprint density at radius 2 is 1.80 bits per heavy atom. The van der Waals surface area contributed by atoms with E-state index < -0.39 is 11.0 Å². The van der Waals surface area contributed by atoms with Crippen molar-refractivity contribution in [3.05, 3.63) is 74.9 Å². The number of aliphatic hydroxyl groups is 1. The molecule has 2 N–H and O–H groups in total. The van der Waals surface area contributed by atoms with Crippen LogP contribution in [-0.4, -0.2) is 77.8 Å². The number of fused-ring (bicyclic) bond motifs is 1. The van der Waals surface area contributed by atoms with Gasteiger partial charge in [0.2, 0.25) is 5.91 Å². The maximum Gasteiger partial charge on any atom is 0.279 e. The average molecular weight is 505 g/mol. The molecule has 9 nitrogen and oxygen atoms in total. The largest absolute Gasteiger partial charge is 0.400 e. The van der Waals surface area contributed by atoms with Crippen LogP contribution < -0.4 is 0 Å². The predicted molar refractivity (Wildman–Crippen MR) is 139 cm³/mol. The fourth-order valence-electron chi connectivity index (χ4n) is 3.42. The number of benzene rings is 2.